The Morgan fingerprint density at radius 3 is 0.959 bits per heavy atom. The largest absolute Gasteiger partial charge is 0.480 e. The summed E-state index contributed by atoms with van der Waals surface area (Å²) in [6.45, 7) is 12.3. The fraction of sp³-hybridized carbons (Fsp3) is 0.810. The minimum absolute atomic E-state index is 0. The Hall–Kier alpha value is -3.65. The van der Waals surface area contributed by atoms with Gasteiger partial charge in [-0.1, -0.05) is 17.7 Å². The molecule has 2 heterocycles. The van der Waals surface area contributed by atoms with E-state index in [-0.39, 0.29) is 162 Å². The van der Waals surface area contributed by atoms with Gasteiger partial charge in [-0.05, 0) is 38.0 Å². The van der Waals surface area contributed by atoms with Crippen molar-refractivity contribution in [3.05, 3.63) is 20.9 Å². The van der Waals surface area contributed by atoms with Gasteiger partial charge >= 0.3 is 36.2 Å². The molecule has 0 aromatic heterocycles. The number of carbonyl (C=O) groups excluding carboxylic acids is 9. The molecule has 0 saturated carbocycles. The van der Waals surface area contributed by atoms with Gasteiger partial charge < -0.3 is 39.8 Å². The standard InChI is InChI=1S/C22H40N8O7.C17H34N8O3.2CO2.CH4.2Lu/c1-35-20(32)16-28-9-7-27(15-19(31)24-5-4-6-25-26-23)8-10-29(17-21(33)36-2)12-14-30(13-11-28)18-22(34)37-3;1-22-6-7-23(2)9-11-25(15-17(27)28)13-12-24(10-8-22)14-16(26)19-4-3-5-20-21-18;2*2-1-3;;;/h4-18H2,1-3H3,(H,24,31);3-15H2,1-2H3,(H,19,26)(H,27,28);;;1H4;;/i;;;;;2*1+2. The van der Waals surface area contributed by atoms with E-state index < -0.39 is 5.97 Å². The minimum Gasteiger partial charge on any atom is -0.480 e. The van der Waals surface area contributed by atoms with Crippen molar-refractivity contribution in [2.45, 2.75) is 20.3 Å². The predicted molar refractivity (Wildman–Crippen MR) is 257 cm³/mol. The molecule has 30 nitrogen and oxygen atoms in total. The number of amides is 2. The molecule has 2 radical (unpaired) electrons. The average Bonchev–Trinajstić information content (AvgIpc) is 3.33. The number of azide groups is 2. The Kier molecular flexibility index (Phi) is 58.0. The zero-order valence-electron chi connectivity index (χ0n) is 42.3. The van der Waals surface area contributed by atoms with Crippen LogP contribution < -0.4 is 10.6 Å². The zero-order valence-corrected chi connectivity index (χ0v) is 45.6. The maximum absolute atomic E-state index is 12.5. The molecule has 2 amide bonds. The number of carboxylic acid groups (broad SMARTS) is 1. The number of nitrogens with zero attached hydrogens (tertiary/aromatic N) is 14. The zero-order chi connectivity index (χ0) is 53.7. The summed E-state index contributed by atoms with van der Waals surface area (Å²) in [7, 11) is 8.12. The predicted octanol–water partition coefficient (Wildman–Crippen LogP) is -2.62. The molecule has 0 spiro atoms. The summed E-state index contributed by atoms with van der Waals surface area (Å²) in [5.41, 5.74) is 16.6. The number of aliphatic carboxylic acids is 1. The van der Waals surface area contributed by atoms with E-state index in [4.69, 9.17) is 49.6 Å². The van der Waals surface area contributed by atoms with E-state index in [0.29, 0.717) is 111 Å². The van der Waals surface area contributed by atoms with Crippen LogP contribution in [0.3, 0.4) is 0 Å². The first-order chi connectivity index (χ1) is 34.0. The Bertz CT molecular complexity index is 1680. The van der Waals surface area contributed by atoms with Gasteiger partial charge in [0.15, 0.2) is 0 Å². The van der Waals surface area contributed by atoms with Crippen molar-refractivity contribution in [2.75, 3.05) is 206 Å². The van der Waals surface area contributed by atoms with Gasteiger partial charge in [-0.3, -0.25) is 58.2 Å². The Morgan fingerprint density at radius 2 is 0.716 bits per heavy atom. The number of hydrogen-bond donors (Lipinski definition) is 3. The number of carboxylic acids is 1. The SMILES string of the molecule is C.CN1CCN(C)CCN(CC(=O)NCCCN=[N+]=[N-])CCN(CC(=O)O)CC1.COC(=O)CN1CCN(CC(=O)NCCCN=[N+]=[N-])CCN(CC(=O)OC)CCN(CC(=O)OC)CC1.O=C=O.O=C=O.[177Lu].[177Lu]. The summed E-state index contributed by atoms with van der Waals surface area (Å²) in [6, 6.07) is 0. The number of rotatable bonds is 20. The third-order valence-corrected chi connectivity index (χ3v) is 10.6. The molecule has 0 bridgehead atoms. The van der Waals surface area contributed by atoms with Gasteiger partial charge in [0.25, 0.3) is 0 Å². The summed E-state index contributed by atoms with van der Waals surface area (Å²) >= 11 is 0. The van der Waals surface area contributed by atoms with E-state index >= 15 is 0 Å². The number of ether oxygens (including phenoxy) is 3. The average molecular weight is 1390 g/mol. The summed E-state index contributed by atoms with van der Waals surface area (Å²) in [6.07, 6.45) is 1.65. The summed E-state index contributed by atoms with van der Waals surface area (Å²) in [5.74, 6) is -2.20. The van der Waals surface area contributed by atoms with Crippen LogP contribution in [0.5, 0.6) is 0 Å². The molecule has 3 N–H and O–H groups in total. The molecule has 0 atom stereocenters. The molecule has 2 rings (SSSR count). The van der Waals surface area contributed by atoms with Gasteiger partial charge in [-0.15, -0.1) is 0 Å². The first kappa shape index (κ1) is 79.2. The molecule has 2 fully saturated rings. The van der Waals surface area contributed by atoms with Gasteiger partial charge in [0.1, 0.15) is 0 Å². The molecular weight excluding hydrogens is 1310 g/mol. The quantitative estimate of drug-likeness (QED) is 0.0281. The summed E-state index contributed by atoms with van der Waals surface area (Å²) in [5, 5.41) is 21.7. The van der Waals surface area contributed by atoms with E-state index in [1.165, 1.54) is 21.3 Å². The van der Waals surface area contributed by atoms with Crippen LogP contribution in [0.15, 0.2) is 10.2 Å². The fourth-order valence-electron chi connectivity index (χ4n) is 6.52. The molecule has 440 valence electrons. The topological polar surface area (TPSA) is 366 Å². The number of nitrogens with one attached hydrogen (secondary N) is 2. The van der Waals surface area contributed by atoms with Gasteiger partial charge in [0.05, 0.1) is 60.6 Å². The number of likely N-dealkylation sites (N-methyl/N-ethyl adjacent to an activating group) is 2. The number of esters is 3. The van der Waals surface area contributed by atoms with Crippen LogP contribution in [-0.4, -0.2) is 298 Å². The van der Waals surface area contributed by atoms with Crippen molar-refractivity contribution in [1.82, 2.24) is 49.8 Å². The number of methoxy groups -OCH3 is 3. The van der Waals surface area contributed by atoms with Gasteiger partial charge in [-0.2, -0.15) is 19.2 Å². The molecule has 2 saturated heterocycles. The van der Waals surface area contributed by atoms with E-state index in [1.54, 1.807) is 0 Å². The Balaban J connectivity index is -0.000000383. The third kappa shape index (κ3) is 48.0. The molecule has 0 aromatic rings. The van der Waals surface area contributed by atoms with Crippen molar-refractivity contribution in [2.24, 2.45) is 10.2 Å². The minimum atomic E-state index is -0.834. The Labute approximate surface area is 492 Å². The molecule has 2 aliphatic rings. The second-order valence-electron chi connectivity index (χ2n) is 15.9. The molecule has 0 unspecified atom stereocenters. The van der Waals surface area contributed by atoms with Crippen LogP contribution >= 0.6 is 0 Å². The van der Waals surface area contributed by atoms with Crippen molar-refractivity contribution in [3.8, 4) is 0 Å². The van der Waals surface area contributed by atoms with Crippen LogP contribution in [0.2, 0.25) is 0 Å². The van der Waals surface area contributed by atoms with E-state index in [9.17, 15) is 28.8 Å². The number of hydrogen-bond acceptors (Lipinski definition) is 23. The maximum atomic E-state index is 12.5. The van der Waals surface area contributed by atoms with Gasteiger partial charge in [-0.25, -0.2) is 0 Å². The van der Waals surface area contributed by atoms with Crippen LogP contribution in [0.25, 0.3) is 20.9 Å². The van der Waals surface area contributed by atoms with Crippen molar-refractivity contribution in [3.63, 3.8) is 0 Å². The van der Waals surface area contributed by atoms with Crippen LogP contribution in [-0.2, 0) is 62.2 Å². The van der Waals surface area contributed by atoms with Gasteiger partial charge in [0, 0.05) is 214 Å². The third-order valence-electron chi connectivity index (χ3n) is 10.6. The van der Waals surface area contributed by atoms with Crippen molar-refractivity contribution < 1.29 is 141 Å². The summed E-state index contributed by atoms with van der Waals surface area (Å²) < 4.78 is 14.5. The Morgan fingerprint density at radius 1 is 0.486 bits per heavy atom. The first-order valence-electron chi connectivity index (χ1n) is 22.7. The monoisotopic (exact) mass is 1380 g/mol. The van der Waals surface area contributed by atoms with Crippen LogP contribution in [0.4, 0.5) is 0 Å². The van der Waals surface area contributed by atoms with Crippen molar-refractivity contribution >= 4 is 48.0 Å². The smallest absolute Gasteiger partial charge is 0.373 e. The molecule has 0 aliphatic carbocycles. The molecule has 74 heavy (non-hydrogen) atoms. The molecular formula is C42H78Lu2N16O14. The number of carbonyl (C=O) groups is 6. The maximum Gasteiger partial charge on any atom is 0.373 e. The molecule has 2 aliphatic heterocycles. The van der Waals surface area contributed by atoms with E-state index in [1.807, 2.05) is 24.5 Å². The van der Waals surface area contributed by atoms with Crippen LogP contribution in [0.1, 0.15) is 20.3 Å². The van der Waals surface area contributed by atoms with E-state index in [0.717, 1.165) is 32.7 Å². The summed E-state index contributed by atoms with van der Waals surface area (Å²) in [4.78, 5) is 126. The van der Waals surface area contributed by atoms with Crippen LogP contribution in [0, 0.1) is 73.7 Å². The second-order valence-corrected chi connectivity index (χ2v) is 15.9. The first-order valence-corrected chi connectivity index (χ1v) is 22.7. The van der Waals surface area contributed by atoms with Gasteiger partial charge in [0.2, 0.25) is 11.8 Å². The molecule has 0 aromatic carbocycles. The second kappa shape index (κ2) is 54.1. The normalized spacial score (nSPS) is 16.0. The fourth-order valence-corrected chi connectivity index (χ4v) is 6.52. The van der Waals surface area contributed by atoms with Crippen molar-refractivity contribution in [1.29, 1.82) is 0 Å². The van der Waals surface area contributed by atoms with E-state index in [2.05, 4.69) is 59.5 Å². The molecule has 32 heteroatoms.